The molecule has 2 aromatic heterocycles. The summed E-state index contributed by atoms with van der Waals surface area (Å²) in [5.41, 5.74) is 0.945. The fourth-order valence-corrected chi connectivity index (χ4v) is 4.84. The van der Waals surface area contributed by atoms with Gasteiger partial charge in [-0.05, 0) is 26.0 Å². The number of aromatic nitrogens is 3. The molecule has 11 heteroatoms. The molecule has 166 valence electrons. The molecule has 0 N–H and O–H groups in total. The Bertz CT molecular complexity index is 1230. The van der Waals surface area contributed by atoms with E-state index in [2.05, 4.69) is 15.1 Å². The molecule has 1 atom stereocenters. The minimum atomic E-state index is -0.739. The fraction of sp³-hybridized carbons (Fsp3) is 0.333. The van der Waals surface area contributed by atoms with Crippen LogP contribution in [0.25, 0.3) is 5.00 Å². The average Bonchev–Trinajstić information content (AvgIpc) is 3.25. The van der Waals surface area contributed by atoms with Crippen molar-refractivity contribution in [1.82, 2.24) is 14.8 Å². The number of halogens is 2. The number of thiophene rings is 1. The first-order valence-corrected chi connectivity index (χ1v) is 10.8. The van der Waals surface area contributed by atoms with E-state index in [1.54, 1.807) is 13.8 Å². The minimum absolute atomic E-state index is 0.115. The molecule has 0 saturated carbocycles. The second kappa shape index (κ2) is 8.06. The number of esters is 1. The van der Waals surface area contributed by atoms with Crippen LogP contribution in [-0.4, -0.2) is 46.3 Å². The molecule has 4 heterocycles. The lowest BCUT2D eigenvalue weighted by atomic mass is 9.99. The van der Waals surface area contributed by atoms with Gasteiger partial charge in [-0.25, -0.2) is 23.2 Å². The maximum absolute atomic E-state index is 14.8. The van der Waals surface area contributed by atoms with Gasteiger partial charge in [0.2, 0.25) is 0 Å². The van der Waals surface area contributed by atoms with Gasteiger partial charge in [-0.1, -0.05) is 17.4 Å². The second-order valence-electron chi connectivity index (χ2n) is 7.13. The third-order valence-electron chi connectivity index (χ3n) is 5.07. The summed E-state index contributed by atoms with van der Waals surface area (Å²) in [6, 6.07) is 3.02. The Morgan fingerprint density at radius 2 is 2.06 bits per heavy atom. The van der Waals surface area contributed by atoms with Gasteiger partial charge in [-0.3, -0.25) is 4.99 Å². The van der Waals surface area contributed by atoms with Crippen molar-refractivity contribution < 1.29 is 27.8 Å². The van der Waals surface area contributed by atoms with E-state index in [9.17, 15) is 13.6 Å². The topological polar surface area (TPSA) is 87.8 Å². The van der Waals surface area contributed by atoms with Crippen LogP contribution in [0.5, 0.6) is 5.06 Å². The standard InChI is InChI=1S/C21H18F2N4O4S/c1-3-30-20(28)17-25-18-10(2)24-16(15-12(22)5-4-6-13(15)23)14-11-9-29-7-8-31-21(11)32-19(14)27(18)26-17/h4-6,10H,3,7-9H2,1-2H3/t10-/m0/s1. The van der Waals surface area contributed by atoms with Gasteiger partial charge < -0.3 is 14.2 Å². The summed E-state index contributed by atoms with van der Waals surface area (Å²) in [6.45, 7) is 4.48. The number of carbonyl (C=O) groups excluding carboxylic acids is 1. The zero-order valence-electron chi connectivity index (χ0n) is 17.2. The summed E-state index contributed by atoms with van der Waals surface area (Å²) in [6.07, 6.45) is 0. The first-order valence-electron chi connectivity index (χ1n) is 10.0. The zero-order valence-corrected chi connectivity index (χ0v) is 18.0. The van der Waals surface area contributed by atoms with Crippen LogP contribution in [0, 0.1) is 11.6 Å². The highest BCUT2D eigenvalue weighted by molar-refractivity contribution is 7.17. The largest absolute Gasteiger partial charge is 0.481 e. The number of hydrogen-bond acceptors (Lipinski definition) is 8. The molecule has 0 saturated heterocycles. The van der Waals surface area contributed by atoms with Gasteiger partial charge in [0, 0.05) is 11.1 Å². The summed E-state index contributed by atoms with van der Waals surface area (Å²) in [4.78, 5) is 21.2. The van der Waals surface area contributed by atoms with E-state index in [-0.39, 0.29) is 30.3 Å². The van der Waals surface area contributed by atoms with Gasteiger partial charge in [-0.15, -0.1) is 5.10 Å². The van der Waals surface area contributed by atoms with Crippen LogP contribution in [-0.2, 0) is 16.1 Å². The number of fused-ring (bicyclic) bond motifs is 5. The lowest BCUT2D eigenvalue weighted by Gasteiger charge is -2.12. The van der Waals surface area contributed by atoms with E-state index in [0.29, 0.717) is 40.2 Å². The molecule has 0 aliphatic carbocycles. The van der Waals surface area contributed by atoms with Gasteiger partial charge in [0.15, 0.2) is 10.9 Å². The van der Waals surface area contributed by atoms with Crippen molar-refractivity contribution >= 4 is 23.0 Å². The second-order valence-corrected chi connectivity index (χ2v) is 8.09. The lowest BCUT2D eigenvalue weighted by Crippen LogP contribution is -2.13. The van der Waals surface area contributed by atoms with Crippen molar-refractivity contribution in [3.05, 3.63) is 58.2 Å². The van der Waals surface area contributed by atoms with E-state index in [0.717, 1.165) is 0 Å². The predicted molar refractivity (Wildman–Crippen MR) is 111 cm³/mol. The molecule has 2 aliphatic rings. The Balaban J connectivity index is 1.78. The molecule has 0 bridgehead atoms. The van der Waals surface area contributed by atoms with Crippen molar-refractivity contribution in [2.45, 2.75) is 26.5 Å². The molecule has 2 aliphatic heterocycles. The Morgan fingerprint density at radius 3 is 2.81 bits per heavy atom. The number of hydrogen-bond donors (Lipinski definition) is 0. The maximum atomic E-state index is 14.8. The summed E-state index contributed by atoms with van der Waals surface area (Å²) in [7, 11) is 0. The first-order chi connectivity index (χ1) is 15.5. The van der Waals surface area contributed by atoms with Crippen molar-refractivity contribution in [3.63, 3.8) is 0 Å². The summed E-state index contributed by atoms with van der Waals surface area (Å²) >= 11 is 1.24. The Morgan fingerprint density at radius 1 is 1.28 bits per heavy atom. The summed E-state index contributed by atoms with van der Waals surface area (Å²) < 4.78 is 47.6. The van der Waals surface area contributed by atoms with E-state index in [1.165, 1.54) is 34.2 Å². The van der Waals surface area contributed by atoms with Gasteiger partial charge in [-0.2, -0.15) is 0 Å². The van der Waals surface area contributed by atoms with Crippen molar-refractivity contribution in [1.29, 1.82) is 0 Å². The van der Waals surface area contributed by atoms with Crippen LogP contribution in [0.3, 0.4) is 0 Å². The molecule has 8 nitrogen and oxygen atoms in total. The number of rotatable bonds is 3. The molecule has 0 radical (unpaired) electrons. The van der Waals surface area contributed by atoms with Crippen LogP contribution >= 0.6 is 11.3 Å². The molecule has 5 rings (SSSR count). The highest BCUT2D eigenvalue weighted by atomic mass is 32.1. The molecule has 0 spiro atoms. The molecule has 0 unspecified atom stereocenters. The van der Waals surface area contributed by atoms with E-state index >= 15 is 0 Å². The lowest BCUT2D eigenvalue weighted by molar-refractivity contribution is 0.0512. The van der Waals surface area contributed by atoms with E-state index < -0.39 is 23.6 Å². The van der Waals surface area contributed by atoms with Crippen LogP contribution in [0.15, 0.2) is 23.2 Å². The third kappa shape index (κ3) is 3.28. The van der Waals surface area contributed by atoms with Gasteiger partial charge in [0.1, 0.15) is 29.3 Å². The molecule has 3 aromatic rings. The van der Waals surface area contributed by atoms with Crippen LogP contribution in [0.2, 0.25) is 0 Å². The molecule has 0 amide bonds. The smallest absolute Gasteiger partial charge is 0.378 e. The van der Waals surface area contributed by atoms with E-state index in [4.69, 9.17) is 14.2 Å². The average molecular weight is 460 g/mol. The van der Waals surface area contributed by atoms with Crippen molar-refractivity contribution in [2.75, 3.05) is 19.8 Å². The minimum Gasteiger partial charge on any atom is -0.481 e. The van der Waals surface area contributed by atoms with Gasteiger partial charge >= 0.3 is 5.97 Å². The SMILES string of the molecule is CCOC(=O)c1nc2n(n1)-c1sc3c(c1C(c1c(F)cccc1F)=N[C@H]2C)COCCO3. The van der Waals surface area contributed by atoms with Crippen molar-refractivity contribution in [3.8, 4) is 10.1 Å². The van der Waals surface area contributed by atoms with Gasteiger partial charge in [0.05, 0.1) is 31.1 Å². The normalized spacial score (nSPS) is 17.2. The van der Waals surface area contributed by atoms with E-state index in [1.807, 2.05) is 0 Å². The number of benzene rings is 1. The molecule has 1 aromatic carbocycles. The number of carbonyl (C=O) groups is 1. The van der Waals surface area contributed by atoms with Crippen molar-refractivity contribution in [2.24, 2.45) is 4.99 Å². The summed E-state index contributed by atoms with van der Waals surface area (Å²) in [5, 5.41) is 5.38. The fourth-order valence-electron chi connectivity index (χ4n) is 3.70. The Labute approximate surface area is 185 Å². The predicted octanol–water partition coefficient (Wildman–Crippen LogP) is 3.60. The van der Waals surface area contributed by atoms with Crippen LogP contribution < -0.4 is 4.74 Å². The molecule has 32 heavy (non-hydrogen) atoms. The Kier molecular flexibility index (Phi) is 5.22. The van der Waals surface area contributed by atoms with Crippen LogP contribution in [0.4, 0.5) is 8.78 Å². The van der Waals surface area contributed by atoms with Gasteiger partial charge in [0.25, 0.3) is 5.82 Å². The zero-order chi connectivity index (χ0) is 22.4. The number of ether oxygens (including phenoxy) is 3. The molecular weight excluding hydrogens is 442 g/mol. The number of nitrogens with zero attached hydrogens (tertiary/aromatic N) is 4. The molecule has 0 fully saturated rings. The third-order valence-corrected chi connectivity index (χ3v) is 6.19. The Hall–Kier alpha value is -3.18. The van der Waals surface area contributed by atoms with Crippen LogP contribution in [0.1, 0.15) is 53.0 Å². The highest BCUT2D eigenvalue weighted by Crippen LogP contribution is 2.44. The quantitative estimate of drug-likeness (QED) is 0.555. The summed E-state index contributed by atoms with van der Waals surface area (Å²) in [5.74, 6) is -1.91. The maximum Gasteiger partial charge on any atom is 0.378 e. The number of aliphatic imine (C=N–C) groups is 1. The highest BCUT2D eigenvalue weighted by Gasteiger charge is 2.35. The first kappa shape index (κ1) is 20.7. The molecular formula is C21H18F2N4O4S. The monoisotopic (exact) mass is 460 g/mol.